The number of aromatic amines is 2. The molecule has 0 unspecified atom stereocenters. The Bertz CT molecular complexity index is 897. The van der Waals surface area contributed by atoms with Gasteiger partial charge in [-0.05, 0) is 36.4 Å². The zero-order valence-electron chi connectivity index (χ0n) is 10.7. The monoisotopic (exact) mass is 302 g/mol. The summed E-state index contributed by atoms with van der Waals surface area (Å²) in [7, 11) is 0. The molecule has 21 heavy (non-hydrogen) atoms. The molecule has 3 rings (SSSR count). The summed E-state index contributed by atoms with van der Waals surface area (Å²) in [5.74, 6) is -0.371. The molecule has 0 aliphatic heterocycles. The average molecular weight is 303 g/mol. The number of rotatable bonds is 2. The van der Waals surface area contributed by atoms with Gasteiger partial charge in [0.2, 0.25) is 0 Å². The normalized spacial score (nSPS) is 10.7. The molecular formula is C14H11ClN4O2. The van der Waals surface area contributed by atoms with Crippen LogP contribution in [0, 0.1) is 0 Å². The Labute approximate surface area is 123 Å². The van der Waals surface area contributed by atoms with E-state index in [1.54, 1.807) is 30.3 Å². The second-order valence-corrected chi connectivity index (χ2v) is 4.94. The van der Waals surface area contributed by atoms with Gasteiger partial charge in [-0.1, -0.05) is 11.6 Å². The molecule has 0 aliphatic rings. The van der Waals surface area contributed by atoms with E-state index >= 15 is 0 Å². The van der Waals surface area contributed by atoms with Gasteiger partial charge in [0.05, 0.1) is 21.6 Å². The summed E-state index contributed by atoms with van der Waals surface area (Å²) in [5.41, 5.74) is 7.92. The number of carbonyl (C=O) groups excluding carboxylic acids is 1. The van der Waals surface area contributed by atoms with Crippen molar-refractivity contribution in [2.24, 2.45) is 0 Å². The molecule has 0 fully saturated rings. The lowest BCUT2D eigenvalue weighted by atomic mass is 10.2. The van der Waals surface area contributed by atoms with Crippen LogP contribution in [-0.2, 0) is 0 Å². The van der Waals surface area contributed by atoms with Gasteiger partial charge < -0.3 is 21.0 Å². The highest BCUT2D eigenvalue weighted by atomic mass is 35.5. The Balaban J connectivity index is 1.92. The van der Waals surface area contributed by atoms with Gasteiger partial charge in [0.15, 0.2) is 0 Å². The minimum atomic E-state index is -0.371. The lowest BCUT2D eigenvalue weighted by molar-refractivity contribution is 0.102. The maximum atomic E-state index is 12.2. The van der Waals surface area contributed by atoms with Gasteiger partial charge in [-0.2, -0.15) is 0 Å². The molecule has 106 valence electrons. The molecule has 5 N–H and O–H groups in total. The number of imidazole rings is 1. The van der Waals surface area contributed by atoms with Crippen molar-refractivity contribution in [3.63, 3.8) is 0 Å². The predicted molar refractivity (Wildman–Crippen MR) is 82.7 cm³/mol. The Morgan fingerprint density at radius 3 is 2.67 bits per heavy atom. The van der Waals surface area contributed by atoms with Crippen LogP contribution in [0.5, 0.6) is 0 Å². The molecule has 0 atom stereocenters. The van der Waals surface area contributed by atoms with E-state index in [1.807, 2.05) is 0 Å². The molecule has 0 aliphatic carbocycles. The summed E-state index contributed by atoms with van der Waals surface area (Å²) in [6.45, 7) is 0. The van der Waals surface area contributed by atoms with Crippen LogP contribution in [0.3, 0.4) is 0 Å². The smallest absolute Gasteiger partial charge is 0.323 e. The Hall–Kier alpha value is -2.73. The SMILES string of the molecule is Nc1ccc(Cl)c(C(=O)Nc2ccc3[nH]c(=O)[nH]c3c2)c1. The average Bonchev–Trinajstić information content (AvgIpc) is 2.80. The van der Waals surface area contributed by atoms with Crippen LogP contribution in [-0.4, -0.2) is 15.9 Å². The fourth-order valence-electron chi connectivity index (χ4n) is 2.03. The van der Waals surface area contributed by atoms with Crippen LogP contribution in [0.2, 0.25) is 5.02 Å². The van der Waals surface area contributed by atoms with E-state index < -0.39 is 0 Å². The van der Waals surface area contributed by atoms with Gasteiger partial charge in [0.25, 0.3) is 5.91 Å². The molecule has 0 bridgehead atoms. The highest BCUT2D eigenvalue weighted by Gasteiger charge is 2.11. The number of carbonyl (C=O) groups is 1. The third kappa shape index (κ3) is 2.61. The number of halogens is 1. The maximum absolute atomic E-state index is 12.2. The predicted octanol–water partition coefficient (Wildman–Crippen LogP) is 2.34. The third-order valence-corrected chi connectivity index (χ3v) is 3.34. The van der Waals surface area contributed by atoms with Crippen molar-refractivity contribution in [1.82, 2.24) is 9.97 Å². The first-order valence-electron chi connectivity index (χ1n) is 6.11. The van der Waals surface area contributed by atoms with Gasteiger partial charge in [-0.3, -0.25) is 4.79 Å². The molecule has 1 aromatic heterocycles. The summed E-state index contributed by atoms with van der Waals surface area (Å²) < 4.78 is 0. The fourth-order valence-corrected chi connectivity index (χ4v) is 2.23. The van der Waals surface area contributed by atoms with Crippen LogP contribution in [0.15, 0.2) is 41.2 Å². The Morgan fingerprint density at radius 1 is 1.10 bits per heavy atom. The third-order valence-electron chi connectivity index (χ3n) is 3.01. The number of amides is 1. The lowest BCUT2D eigenvalue weighted by Gasteiger charge is -2.07. The van der Waals surface area contributed by atoms with Gasteiger partial charge in [0.1, 0.15) is 0 Å². The number of nitrogens with one attached hydrogen (secondary N) is 3. The van der Waals surface area contributed by atoms with Crippen molar-refractivity contribution < 1.29 is 4.79 Å². The minimum absolute atomic E-state index is 0.291. The first-order valence-corrected chi connectivity index (χ1v) is 6.49. The quantitative estimate of drug-likeness (QED) is 0.546. The number of hydrogen-bond acceptors (Lipinski definition) is 3. The number of anilines is 2. The number of hydrogen-bond donors (Lipinski definition) is 4. The Morgan fingerprint density at radius 2 is 1.86 bits per heavy atom. The molecule has 2 aromatic carbocycles. The highest BCUT2D eigenvalue weighted by Crippen LogP contribution is 2.21. The fraction of sp³-hybridized carbons (Fsp3) is 0. The van der Waals surface area contributed by atoms with E-state index in [9.17, 15) is 9.59 Å². The number of aromatic nitrogens is 2. The van der Waals surface area contributed by atoms with Crippen LogP contribution in [0.4, 0.5) is 11.4 Å². The van der Waals surface area contributed by atoms with E-state index in [2.05, 4.69) is 15.3 Å². The van der Waals surface area contributed by atoms with Crippen molar-refractivity contribution in [2.45, 2.75) is 0 Å². The van der Waals surface area contributed by atoms with Crippen molar-refractivity contribution in [3.05, 3.63) is 57.5 Å². The first-order chi connectivity index (χ1) is 10.0. The van der Waals surface area contributed by atoms with Crippen LogP contribution >= 0.6 is 11.6 Å². The van der Waals surface area contributed by atoms with Crippen molar-refractivity contribution in [1.29, 1.82) is 0 Å². The van der Waals surface area contributed by atoms with Crippen molar-refractivity contribution >= 4 is 39.9 Å². The van der Waals surface area contributed by atoms with E-state index in [0.717, 1.165) is 0 Å². The Kier molecular flexibility index (Phi) is 3.15. The van der Waals surface area contributed by atoms with Gasteiger partial charge in [0, 0.05) is 11.4 Å². The summed E-state index contributed by atoms with van der Waals surface area (Å²) in [4.78, 5) is 28.6. The molecule has 0 saturated carbocycles. The van der Waals surface area contributed by atoms with Gasteiger partial charge in [-0.15, -0.1) is 0 Å². The largest absolute Gasteiger partial charge is 0.399 e. The van der Waals surface area contributed by atoms with E-state index in [-0.39, 0.29) is 11.6 Å². The molecular weight excluding hydrogens is 292 g/mol. The molecule has 3 aromatic rings. The summed E-state index contributed by atoms with van der Waals surface area (Å²) in [5, 5.41) is 3.03. The number of nitrogens with two attached hydrogens (primary N) is 1. The van der Waals surface area contributed by atoms with Crippen LogP contribution < -0.4 is 16.7 Å². The number of nitrogen functional groups attached to an aromatic ring is 1. The molecule has 1 heterocycles. The molecule has 0 radical (unpaired) electrons. The minimum Gasteiger partial charge on any atom is -0.399 e. The highest BCUT2D eigenvalue weighted by molar-refractivity contribution is 6.34. The first kappa shape index (κ1) is 13.3. The molecule has 0 saturated heterocycles. The summed E-state index contributed by atoms with van der Waals surface area (Å²) in [6.07, 6.45) is 0. The molecule has 0 spiro atoms. The van der Waals surface area contributed by atoms with Crippen molar-refractivity contribution in [3.8, 4) is 0 Å². The van der Waals surface area contributed by atoms with Gasteiger partial charge in [-0.25, -0.2) is 4.79 Å². The van der Waals surface area contributed by atoms with E-state index in [1.165, 1.54) is 6.07 Å². The number of benzene rings is 2. The standard InChI is InChI=1S/C14H11ClN4O2/c15-10-3-1-7(16)5-9(10)13(20)17-8-2-4-11-12(6-8)19-14(21)18-11/h1-6H,16H2,(H,17,20)(H2,18,19,21). The second kappa shape index (κ2) is 4.99. The van der Waals surface area contributed by atoms with E-state index in [4.69, 9.17) is 17.3 Å². The summed E-state index contributed by atoms with van der Waals surface area (Å²) in [6, 6.07) is 9.74. The topological polar surface area (TPSA) is 104 Å². The molecule has 6 nitrogen and oxygen atoms in total. The molecule has 1 amide bonds. The zero-order chi connectivity index (χ0) is 15.0. The van der Waals surface area contributed by atoms with Crippen LogP contribution in [0.1, 0.15) is 10.4 Å². The van der Waals surface area contributed by atoms with Gasteiger partial charge >= 0.3 is 5.69 Å². The lowest BCUT2D eigenvalue weighted by Crippen LogP contribution is -2.12. The molecule has 7 heteroatoms. The number of H-pyrrole nitrogens is 2. The zero-order valence-corrected chi connectivity index (χ0v) is 11.5. The van der Waals surface area contributed by atoms with E-state index in [0.29, 0.717) is 33.0 Å². The summed E-state index contributed by atoms with van der Waals surface area (Å²) >= 11 is 5.99. The van der Waals surface area contributed by atoms with Crippen molar-refractivity contribution in [2.75, 3.05) is 11.1 Å². The number of fused-ring (bicyclic) bond motifs is 1. The maximum Gasteiger partial charge on any atom is 0.323 e. The van der Waals surface area contributed by atoms with Crippen LogP contribution in [0.25, 0.3) is 11.0 Å². The second-order valence-electron chi connectivity index (χ2n) is 4.53.